The van der Waals surface area contributed by atoms with E-state index in [9.17, 15) is 24.9 Å². The van der Waals surface area contributed by atoms with E-state index in [0.29, 0.717) is 0 Å². The number of carbonyl (C=O) groups excluding carboxylic acids is 2. The molecular formula is C17H24N2O8. The second-order valence-electron chi connectivity index (χ2n) is 6.06. The highest BCUT2D eigenvalue weighted by atomic mass is 16.6. The number of hydrogen-bond acceptors (Lipinski definition) is 8. The van der Waals surface area contributed by atoms with Crippen LogP contribution in [0, 0.1) is 0 Å². The van der Waals surface area contributed by atoms with Gasteiger partial charge in [-0.25, -0.2) is 4.79 Å². The fraction of sp³-hybridized carbons (Fsp3) is 0.529. The summed E-state index contributed by atoms with van der Waals surface area (Å²) in [5, 5.41) is 43.0. The molecule has 150 valence electrons. The summed E-state index contributed by atoms with van der Waals surface area (Å²) in [6, 6.07) is 9.10. The van der Waals surface area contributed by atoms with Crippen LogP contribution in [0.5, 0.6) is 0 Å². The highest BCUT2D eigenvalue weighted by Crippen LogP contribution is 2.19. The lowest BCUT2D eigenvalue weighted by atomic mass is 9.98. The van der Waals surface area contributed by atoms with Crippen LogP contribution in [0.2, 0.25) is 0 Å². The first kappa shape index (κ1) is 21.1. The zero-order valence-electron chi connectivity index (χ0n) is 14.5. The molecule has 6 N–H and O–H groups in total. The summed E-state index contributed by atoms with van der Waals surface area (Å²) in [5.74, 6) is -0.567. The smallest absolute Gasteiger partial charge is 0.407 e. The zero-order valence-corrected chi connectivity index (χ0v) is 14.5. The van der Waals surface area contributed by atoms with Crippen molar-refractivity contribution in [1.29, 1.82) is 0 Å². The van der Waals surface area contributed by atoms with Crippen LogP contribution in [0.25, 0.3) is 0 Å². The molecule has 0 spiro atoms. The van der Waals surface area contributed by atoms with Gasteiger partial charge in [-0.2, -0.15) is 0 Å². The Balaban J connectivity index is 1.68. The normalized spacial score (nSPS) is 27.6. The summed E-state index contributed by atoms with van der Waals surface area (Å²) in [6.07, 6.45) is -7.85. The molecule has 1 saturated heterocycles. The highest BCUT2D eigenvalue weighted by Gasteiger charge is 2.43. The molecule has 1 fully saturated rings. The van der Waals surface area contributed by atoms with Gasteiger partial charge in [0.25, 0.3) is 0 Å². The molecule has 0 saturated carbocycles. The predicted octanol–water partition coefficient (Wildman–Crippen LogP) is -1.78. The number of aliphatic hydroxyl groups excluding tert-OH is 4. The van der Waals surface area contributed by atoms with Gasteiger partial charge in [-0.05, 0) is 5.56 Å². The quantitative estimate of drug-likeness (QED) is 0.322. The molecule has 0 aliphatic carbocycles. The van der Waals surface area contributed by atoms with Crippen molar-refractivity contribution in [2.45, 2.75) is 43.7 Å². The standard InChI is InChI=1S/C17H24N2O8/c20-8-11-13(22)14(23)15(24)16(27-11)19-12(21)6-7-18-17(25)26-9-10-4-2-1-3-5-10/h1-5,11,13-16,20,22-24H,6-9H2,(H,18,25)(H,19,21)/t11-,13+,14+,15-,16-/m1/s1. The molecule has 1 aliphatic heterocycles. The molecule has 0 unspecified atom stereocenters. The van der Waals surface area contributed by atoms with E-state index in [1.807, 2.05) is 18.2 Å². The van der Waals surface area contributed by atoms with Gasteiger partial charge in [0.2, 0.25) is 5.91 Å². The number of ether oxygens (including phenoxy) is 2. The highest BCUT2D eigenvalue weighted by molar-refractivity contribution is 5.77. The van der Waals surface area contributed by atoms with Crippen LogP contribution in [0.4, 0.5) is 4.79 Å². The number of aliphatic hydroxyl groups is 4. The van der Waals surface area contributed by atoms with E-state index in [0.717, 1.165) is 5.56 Å². The number of amides is 2. The van der Waals surface area contributed by atoms with Gasteiger partial charge in [0.15, 0.2) is 6.23 Å². The average Bonchev–Trinajstić information content (AvgIpc) is 2.67. The Morgan fingerprint density at radius 2 is 1.78 bits per heavy atom. The van der Waals surface area contributed by atoms with Gasteiger partial charge in [-0.3, -0.25) is 4.79 Å². The van der Waals surface area contributed by atoms with Gasteiger partial charge in [0.1, 0.15) is 31.0 Å². The van der Waals surface area contributed by atoms with Gasteiger partial charge in [-0.15, -0.1) is 0 Å². The molecular weight excluding hydrogens is 360 g/mol. The van der Waals surface area contributed by atoms with E-state index < -0.39 is 49.3 Å². The maximum atomic E-state index is 11.9. The van der Waals surface area contributed by atoms with Crippen molar-refractivity contribution in [2.24, 2.45) is 0 Å². The Labute approximate surface area is 155 Å². The van der Waals surface area contributed by atoms with Gasteiger partial charge in [-0.1, -0.05) is 30.3 Å². The maximum absolute atomic E-state index is 11.9. The van der Waals surface area contributed by atoms with Crippen molar-refractivity contribution in [3.05, 3.63) is 35.9 Å². The fourth-order valence-electron chi connectivity index (χ4n) is 2.50. The Hall–Kier alpha value is -2.24. The first-order chi connectivity index (χ1) is 12.9. The summed E-state index contributed by atoms with van der Waals surface area (Å²) in [5.41, 5.74) is 0.827. The number of rotatable bonds is 7. The van der Waals surface area contributed by atoms with E-state index in [2.05, 4.69) is 10.6 Å². The van der Waals surface area contributed by atoms with Crippen LogP contribution >= 0.6 is 0 Å². The zero-order chi connectivity index (χ0) is 19.8. The minimum Gasteiger partial charge on any atom is -0.445 e. The first-order valence-corrected chi connectivity index (χ1v) is 8.46. The third kappa shape index (κ3) is 6.15. The third-order valence-electron chi connectivity index (χ3n) is 4.03. The van der Waals surface area contributed by atoms with Gasteiger partial charge >= 0.3 is 6.09 Å². The molecule has 27 heavy (non-hydrogen) atoms. The molecule has 1 aliphatic rings. The second kappa shape index (κ2) is 10.2. The molecule has 2 rings (SSSR count). The molecule has 1 aromatic rings. The fourth-order valence-corrected chi connectivity index (χ4v) is 2.50. The van der Waals surface area contributed by atoms with E-state index >= 15 is 0 Å². The molecule has 1 heterocycles. The predicted molar refractivity (Wildman–Crippen MR) is 91.2 cm³/mol. The van der Waals surface area contributed by atoms with Crippen molar-refractivity contribution in [3.63, 3.8) is 0 Å². The van der Waals surface area contributed by atoms with Crippen LogP contribution in [0.3, 0.4) is 0 Å². The number of nitrogens with one attached hydrogen (secondary N) is 2. The van der Waals surface area contributed by atoms with E-state index in [-0.39, 0.29) is 19.6 Å². The summed E-state index contributed by atoms with van der Waals surface area (Å²) in [6.45, 7) is -0.507. The molecule has 10 nitrogen and oxygen atoms in total. The minimum absolute atomic E-state index is 0.0170. The van der Waals surface area contributed by atoms with Gasteiger partial charge in [0, 0.05) is 13.0 Å². The van der Waals surface area contributed by atoms with Crippen molar-refractivity contribution in [3.8, 4) is 0 Å². The van der Waals surface area contributed by atoms with Gasteiger partial charge < -0.3 is 40.5 Å². The molecule has 1 aromatic carbocycles. The van der Waals surface area contributed by atoms with Crippen LogP contribution in [0.15, 0.2) is 30.3 Å². The Bertz CT molecular complexity index is 612. The second-order valence-corrected chi connectivity index (χ2v) is 6.06. The number of benzene rings is 1. The molecule has 5 atom stereocenters. The summed E-state index contributed by atoms with van der Waals surface area (Å²) >= 11 is 0. The van der Waals surface area contributed by atoms with Crippen LogP contribution < -0.4 is 10.6 Å². The lowest BCUT2D eigenvalue weighted by molar-refractivity contribution is -0.235. The van der Waals surface area contributed by atoms with Crippen molar-refractivity contribution < 1.29 is 39.5 Å². The number of alkyl carbamates (subject to hydrolysis) is 1. The maximum Gasteiger partial charge on any atom is 0.407 e. The Kier molecular flexibility index (Phi) is 7.95. The first-order valence-electron chi connectivity index (χ1n) is 8.46. The Morgan fingerprint density at radius 1 is 1.07 bits per heavy atom. The Morgan fingerprint density at radius 3 is 2.44 bits per heavy atom. The van der Waals surface area contributed by atoms with E-state index in [1.54, 1.807) is 12.1 Å². The minimum atomic E-state index is -1.58. The van der Waals surface area contributed by atoms with Crippen LogP contribution in [0.1, 0.15) is 12.0 Å². The summed E-state index contributed by atoms with van der Waals surface area (Å²) in [7, 11) is 0. The average molecular weight is 384 g/mol. The molecule has 2 amide bonds. The van der Waals surface area contributed by atoms with Gasteiger partial charge in [0.05, 0.1) is 6.61 Å². The molecule has 0 bridgehead atoms. The topological polar surface area (TPSA) is 158 Å². The van der Waals surface area contributed by atoms with Crippen molar-refractivity contribution in [2.75, 3.05) is 13.2 Å². The monoisotopic (exact) mass is 384 g/mol. The molecule has 10 heteroatoms. The lowest BCUT2D eigenvalue weighted by Crippen LogP contribution is -2.63. The van der Waals surface area contributed by atoms with E-state index in [1.165, 1.54) is 0 Å². The summed E-state index contributed by atoms with van der Waals surface area (Å²) in [4.78, 5) is 23.5. The third-order valence-corrected chi connectivity index (χ3v) is 4.03. The molecule has 0 radical (unpaired) electrons. The van der Waals surface area contributed by atoms with Crippen LogP contribution in [-0.2, 0) is 20.9 Å². The number of hydrogen-bond donors (Lipinski definition) is 6. The van der Waals surface area contributed by atoms with Crippen molar-refractivity contribution in [1.82, 2.24) is 10.6 Å². The largest absolute Gasteiger partial charge is 0.445 e. The van der Waals surface area contributed by atoms with E-state index in [4.69, 9.17) is 14.6 Å². The SMILES string of the molecule is O=C(CCNC(=O)OCc1ccccc1)N[C@@H]1O[C@H](CO)[C@H](O)[C@H](O)[C@H]1O. The van der Waals surface area contributed by atoms with Crippen LogP contribution in [-0.4, -0.2) is 76.2 Å². The lowest BCUT2D eigenvalue weighted by Gasteiger charge is -2.40. The summed E-state index contributed by atoms with van der Waals surface area (Å²) < 4.78 is 10.2. The number of carbonyl (C=O) groups is 2. The molecule has 0 aromatic heterocycles. The van der Waals surface area contributed by atoms with Crippen molar-refractivity contribution >= 4 is 12.0 Å².